The van der Waals surface area contributed by atoms with Crippen molar-refractivity contribution in [1.29, 1.82) is 0 Å². The molecule has 0 aromatic heterocycles. The van der Waals surface area contributed by atoms with Crippen molar-refractivity contribution in [2.75, 3.05) is 0 Å². The summed E-state index contributed by atoms with van der Waals surface area (Å²) in [5.41, 5.74) is 2.38. The fourth-order valence-electron chi connectivity index (χ4n) is 3.22. The summed E-state index contributed by atoms with van der Waals surface area (Å²) in [6.07, 6.45) is -1.04. The second kappa shape index (κ2) is 10.4. The van der Waals surface area contributed by atoms with Gasteiger partial charge in [0.25, 0.3) is 5.91 Å². The quantitative estimate of drug-likeness (QED) is 0.607. The van der Waals surface area contributed by atoms with Crippen LogP contribution in [-0.2, 0) is 17.9 Å². The molecule has 5 heteroatoms. The van der Waals surface area contributed by atoms with Crippen LogP contribution in [0.2, 0.25) is 0 Å². The van der Waals surface area contributed by atoms with Crippen LogP contribution in [0, 0.1) is 0 Å². The summed E-state index contributed by atoms with van der Waals surface area (Å²) >= 11 is 0. The van der Waals surface area contributed by atoms with Crippen LogP contribution in [0.3, 0.4) is 0 Å². The van der Waals surface area contributed by atoms with Crippen LogP contribution in [0.4, 0.5) is 0 Å². The highest BCUT2D eigenvalue weighted by molar-refractivity contribution is 5.97. The normalized spacial score (nSPS) is 12.6. The van der Waals surface area contributed by atoms with E-state index in [4.69, 9.17) is 0 Å². The Bertz CT molecular complexity index is 902. The number of amides is 2. The summed E-state index contributed by atoms with van der Waals surface area (Å²) in [4.78, 5) is 27.7. The SMILES string of the molecule is C[C@H](O)[C@@H](NC(=O)c1ccccc1)C(=O)N(Cc1ccccc1)Cc1ccccc1. The molecular formula is C25H26N2O3. The molecule has 0 radical (unpaired) electrons. The van der Waals surface area contributed by atoms with Gasteiger partial charge in [0.2, 0.25) is 5.91 Å². The smallest absolute Gasteiger partial charge is 0.252 e. The van der Waals surface area contributed by atoms with Gasteiger partial charge in [0.05, 0.1) is 6.10 Å². The number of aliphatic hydroxyl groups is 1. The molecule has 5 nitrogen and oxygen atoms in total. The minimum atomic E-state index is -1.05. The van der Waals surface area contributed by atoms with Crippen LogP contribution in [0.15, 0.2) is 91.0 Å². The fourth-order valence-corrected chi connectivity index (χ4v) is 3.22. The Balaban J connectivity index is 1.83. The van der Waals surface area contributed by atoms with E-state index in [1.54, 1.807) is 29.2 Å². The van der Waals surface area contributed by atoms with Gasteiger partial charge < -0.3 is 15.3 Å². The molecule has 2 amide bonds. The van der Waals surface area contributed by atoms with E-state index in [-0.39, 0.29) is 5.91 Å². The van der Waals surface area contributed by atoms with Gasteiger partial charge in [-0.15, -0.1) is 0 Å². The lowest BCUT2D eigenvalue weighted by molar-refractivity contribution is -0.137. The van der Waals surface area contributed by atoms with Crippen LogP contribution in [0.5, 0.6) is 0 Å². The van der Waals surface area contributed by atoms with E-state index in [1.807, 2.05) is 66.7 Å². The zero-order valence-corrected chi connectivity index (χ0v) is 16.9. The fraction of sp³-hybridized carbons (Fsp3) is 0.200. The first-order valence-corrected chi connectivity index (χ1v) is 9.95. The average Bonchev–Trinajstić information content (AvgIpc) is 2.78. The molecule has 3 rings (SSSR count). The van der Waals surface area contributed by atoms with E-state index in [2.05, 4.69) is 5.32 Å². The van der Waals surface area contributed by atoms with Crippen molar-refractivity contribution in [2.24, 2.45) is 0 Å². The zero-order valence-electron chi connectivity index (χ0n) is 16.9. The lowest BCUT2D eigenvalue weighted by Crippen LogP contribution is -2.53. The van der Waals surface area contributed by atoms with Crippen molar-refractivity contribution in [3.8, 4) is 0 Å². The zero-order chi connectivity index (χ0) is 21.3. The number of nitrogens with one attached hydrogen (secondary N) is 1. The molecule has 0 spiro atoms. The number of nitrogens with zero attached hydrogens (tertiary/aromatic N) is 1. The monoisotopic (exact) mass is 402 g/mol. The molecule has 0 fully saturated rings. The Hall–Kier alpha value is -3.44. The summed E-state index contributed by atoms with van der Waals surface area (Å²) in [6, 6.07) is 26.9. The maximum Gasteiger partial charge on any atom is 0.252 e. The first-order valence-electron chi connectivity index (χ1n) is 9.95. The number of carbonyl (C=O) groups excluding carboxylic acids is 2. The molecular weight excluding hydrogens is 376 g/mol. The molecule has 2 atom stereocenters. The molecule has 0 saturated heterocycles. The predicted octanol–water partition coefficient (Wildman–Crippen LogP) is 3.39. The van der Waals surface area contributed by atoms with Gasteiger partial charge in [-0.05, 0) is 30.2 Å². The number of benzene rings is 3. The largest absolute Gasteiger partial charge is 0.391 e. The van der Waals surface area contributed by atoms with Crippen LogP contribution >= 0.6 is 0 Å². The summed E-state index contributed by atoms with van der Waals surface area (Å²) in [5, 5.41) is 13.0. The van der Waals surface area contributed by atoms with Gasteiger partial charge in [0, 0.05) is 18.7 Å². The van der Waals surface area contributed by atoms with E-state index in [9.17, 15) is 14.7 Å². The lowest BCUT2D eigenvalue weighted by atomic mass is 10.1. The van der Waals surface area contributed by atoms with E-state index in [0.29, 0.717) is 18.7 Å². The van der Waals surface area contributed by atoms with E-state index >= 15 is 0 Å². The Morgan fingerprint density at radius 3 is 1.67 bits per heavy atom. The van der Waals surface area contributed by atoms with Crippen molar-refractivity contribution in [1.82, 2.24) is 10.2 Å². The highest BCUT2D eigenvalue weighted by Gasteiger charge is 2.30. The predicted molar refractivity (Wildman–Crippen MR) is 117 cm³/mol. The van der Waals surface area contributed by atoms with Crippen LogP contribution in [-0.4, -0.2) is 34.0 Å². The summed E-state index contributed by atoms with van der Waals surface area (Å²) < 4.78 is 0. The molecule has 0 bridgehead atoms. The third-order valence-electron chi connectivity index (χ3n) is 4.82. The molecule has 3 aromatic rings. The van der Waals surface area contributed by atoms with Gasteiger partial charge in [-0.1, -0.05) is 78.9 Å². The number of aliphatic hydroxyl groups excluding tert-OH is 1. The number of hydrogen-bond acceptors (Lipinski definition) is 3. The highest BCUT2D eigenvalue weighted by atomic mass is 16.3. The highest BCUT2D eigenvalue weighted by Crippen LogP contribution is 2.13. The maximum atomic E-state index is 13.4. The van der Waals surface area contributed by atoms with E-state index < -0.39 is 18.1 Å². The molecule has 0 unspecified atom stereocenters. The maximum absolute atomic E-state index is 13.4. The first-order chi connectivity index (χ1) is 14.5. The third kappa shape index (κ3) is 5.78. The van der Waals surface area contributed by atoms with Crippen molar-refractivity contribution in [3.63, 3.8) is 0 Å². The Morgan fingerprint density at radius 2 is 1.23 bits per heavy atom. The molecule has 3 aromatic carbocycles. The first kappa shape index (κ1) is 21.3. The standard InChI is InChI=1S/C25H26N2O3/c1-19(28)23(26-24(29)22-15-9-4-10-16-22)25(30)27(17-20-11-5-2-6-12-20)18-21-13-7-3-8-14-21/h2-16,19,23,28H,17-18H2,1H3,(H,26,29)/t19-,23+/m0/s1. The number of rotatable bonds is 8. The minimum Gasteiger partial charge on any atom is -0.391 e. The van der Waals surface area contributed by atoms with Crippen LogP contribution in [0.25, 0.3) is 0 Å². The summed E-state index contributed by atoms with van der Waals surface area (Å²) in [5.74, 6) is -0.726. The van der Waals surface area contributed by atoms with Crippen molar-refractivity contribution in [2.45, 2.75) is 32.2 Å². The second-order valence-corrected chi connectivity index (χ2v) is 7.22. The number of carbonyl (C=O) groups is 2. The lowest BCUT2D eigenvalue weighted by Gasteiger charge is -2.29. The van der Waals surface area contributed by atoms with E-state index in [0.717, 1.165) is 11.1 Å². The molecule has 30 heavy (non-hydrogen) atoms. The van der Waals surface area contributed by atoms with E-state index in [1.165, 1.54) is 6.92 Å². The minimum absolute atomic E-state index is 0.331. The van der Waals surface area contributed by atoms with Gasteiger partial charge in [-0.25, -0.2) is 0 Å². The van der Waals surface area contributed by atoms with Crippen molar-refractivity contribution in [3.05, 3.63) is 108 Å². The summed E-state index contributed by atoms with van der Waals surface area (Å²) in [7, 11) is 0. The third-order valence-corrected chi connectivity index (χ3v) is 4.82. The topological polar surface area (TPSA) is 69.6 Å². The number of hydrogen-bond donors (Lipinski definition) is 2. The van der Waals surface area contributed by atoms with Gasteiger partial charge >= 0.3 is 0 Å². The van der Waals surface area contributed by atoms with Crippen LogP contribution < -0.4 is 5.32 Å². The Kier molecular flexibility index (Phi) is 7.35. The Labute approximate surface area is 177 Å². The summed E-state index contributed by atoms with van der Waals surface area (Å²) in [6.45, 7) is 2.26. The molecule has 0 heterocycles. The van der Waals surface area contributed by atoms with Gasteiger partial charge in [-0.2, -0.15) is 0 Å². The molecule has 0 aliphatic carbocycles. The van der Waals surface area contributed by atoms with Gasteiger partial charge in [0.1, 0.15) is 6.04 Å². The Morgan fingerprint density at radius 1 is 0.800 bits per heavy atom. The van der Waals surface area contributed by atoms with Gasteiger partial charge in [0.15, 0.2) is 0 Å². The van der Waals surface area contributed by atoms with Gasteiger partial charge in [-0.3, -0.25) is 9.59 Å². The average molecular weight is 402 g/mol. The van der Waals surface area contributed by atoms with Crippen LogP contribution in [0.1, 0.15) is 28.4 Å². The van der Waals surface area contributed by atoms with Crippen molar-refractivity contribution >= 4 is 11.8 Å². The van der Waals surface area contributed by atoms with Crippen molar-refractivity contribution < 1.29 is 14.7 Å². The molecule has 0 aliphatic rings. The molecule has 0 aliphatic heterocycles. The molecule has 154 valence electrons. The second-order valence-electron chi connectivity index (χ2n) is 7.22. The molecule has 0 saturated carbocycles. The molecule has 2 N–H and O–H groups in total.